The van der Waals surface area contributed by atoms with Crippen molar-refractivity contribution in [3.63, 3.8) is 0 Å². The van der Waals surface area contributed by atoms with Gasteiger partial charge in [-0.2, -0.15) is 0 Å². The number of aliphatic hydroxyl groups is 1. The molecule has 1 aromatic carbocycles. The van der Waals surface area contributed by atoms with E-state index in [9.17, 15) is 24.3 Å². The fourth-order valence-corrected chi connectivity index (χ4v) is 5.85. The summed E-state index contributed by atoms with van der Waals surface area (Å²) in [6.45, 7) is 7.02. The van der Waals surface area contributed by atoms with Crippen LogP contribution in [-0.2, 0) is 19.2 Å². The Morgan fingerprint density at radius 1 is 1.11 bits per heavy atom. The second-order valence-electron chi connectivity index (χ2n) is 11.5. The zero-order valence-electron chi connectivity index (χ0n) is 22.2. The van der Waals surface area contributed by atoms with Gasteiger partial charge in [-0.15, -0.1) is 23.2 Å². The molecule has 10 heteroatoms. The lowest BCUT2D eigenvalue weighted by molar-refractivity contribution is -0.152. The first kappa shape index (κ1) is 30.4. The molecule has 4 rings (SSSR count). The Bertz CT molecular complexity index is 1040. The smallest absolute Gasteiger partial charge is 0.347 e. The van der Waals surface area contributed by atoms with Gasteiger partial charge in [0.25, 0.3) is 0 Å². The fraction of sp³-hybridized carbons (Fsp3) is 0.643. The van der Waals surface area contributed by atoms with Crippen LogP contribution < -0.4 is 10.1 Å². The molecule has 2 amide bonds. The van der Waals surface area contributed by atoms with Gasteiger partial charge in [0.2, 0.25) is 11.8 Å². The first-order valence-corrected chi connectivity index (χ1v) is 13.8. The van der Waals surface area contributed by atoms with Crippen molar-refractivity contribution in [2.75, 3.05) is 0 Å². The highest BCUT2D eigenvalue weighted by Crippen LogP contribution is 2.59. The third kappa shape index (κ3) is 7.93. The van der Waals surface area contributed by atoms with Crippen LogP contribution in [0.2, 0.25) is 0 Å². The van der Waals surface area contributed by atoms with Crippen LogP contribution in [0.3, 0.4) is 0 Å². The minimum Gasteiger partial charge on any atom is -0.478 e. The summed E-state index contributed by atoms with van der Waals surface area (Å²) in [7, 11) is 0. The number of amides is 2. The van der Waals surface area contributed by atoms with Gasteiger partial charge in [-0.1, -0.05) is 26.0 Å². The van der Waals surface area contributed by atoms with Crippen molar-refractivity contribution in [3.05, 3.63) is 29.8 Å². The maximum Gasteiger partial charge on any atom is 0.347 e. The lowest BCUT2D eigenvalue weighted by Gasteiger charge is -2.34. The zero-order chi connectivity index (χ0) is 28.4. The molecule has 1 heterocycles. The van der Waals surface area contributed by atoms with E-state index in [1.54, 1.807) is 12.1 Å². The topological polar surface area (TPSA) is 130 Å². The molecule has 1 saturated heterocycles. The maximum absolute atomic E-state index is 12.2. The Morgan fingerprint density at radius 3 is 2.16 bits per heavy atom. The number of hydrogen-bond acceptors (Lipinski definition) is 6. The average molecular weight is 571 g/mol. The van der Waals surface area contributed by atoms with Crippen LogP contribution in [0.25, 0.3) is 0 Å². The van der Waals surface area contributed by atoms with E-state index < -0.39 is 22.0 Å². The highest BCUT2D eigenvalue weighted by molar-refractivity contribution is 6.51. The molecule has 38 heavy (non-hydrogen) atoms. The van der Waals surface area contributed by atoms with E-state index in [1.165, 1.54) is 13.8 Å². The van der Waals surface area contributed by atoms with Gasteiger partial charge in [-0.3, -0.25) is 19.7 Å². The number of benzene rings is 1. The summed E-state index contributed by atoms with van der Waals surface area (Å²) in [5, 5.41) is 21.6. The van der Waals surface area contributed by atoms with Gasteiger partial charge < -0.3 is 14.9 Å². The van der Waals surface area contributed by atoms with Crippen LogP contribution in [0.5, 0.6) is 5.75 Å². The molecular weight excluding hydrogens is 533 g/mol. The van der Waals surface area contributed by atoms with Crippen LogP contribution in [0.1, 0.15) is 77.7 Å². The van der Waals surface area contributed by atoms with E-state index in [1.807, 2.05) is 19.1 Å². The van der Waals surface area contributed by atoms with Gasteiger partial charge in [-0.05, 0) is 69.1 Å². The standard InChI is InChI=1S/C15H23NO4.C13H14Cl2O3/c1-8-3-9(2)15(20)11(4-8)12(17)5-10-6-13(18)16-14(19)7-10;1-12(2,11(16)17)18-9-5-3-8(4-6-9)10-7-13(10,14)15/h8-12,17H,3-7H2,1-2H3,(H,16,18,19);3-6,10H,7H2,1-2H3,(H,16,17)/t8-,9-,11-,12+;/m0./s1. The highest BCUT2D eigenvalue weighted by atomic mass is 35.5. The highest BCUT2D eigenvalue weighted by Gasteiger charge is 2.52. The Labute approximate surface area is 233 Å². The molecule has 0 aromatic heterocycles. The molecule has 0 radical (unpaired) electrons. The molecule has 2 saturated carbocycles. The first-order chi connectivity index (χ1) is 17.6. The summed E-state index contributed by atoms with van der Waals surface area (Å²) >= 11 is 12.0. The van der Waals surface area contributed by atoms with E-state index in [4.69, 9.17) is 33.0 Å². The quantitative estimate of drug-likeness (QED) is 0.322. The van der Waals surface area contributed by atoms with Crippen molar-refractivity contribution in [1.82, 2.24) is 5.32 Å². The molecule has 5 atom stereocenters. The number of ether oxygens (including phenoxy) is 1. The number of alkyl halides is 2. The molecule has 0 spiro atoms. The number of nitrogens with one attached hydrogen (secondary N) is 1. The summed E-state index contributed by atoms with van der Waals surface area (Å²) in [6, 6.07) is 7.21. The number of rotatable bonds is 7. The van der Waals surface area contributed by atoms with E-state index in [2.05, 4.69) is 12.2 Å². The lowest BCUT2D eigenvalue weighted by Crippen LogP contribution is -2.42. The Hall–Kier alpha value is -2.16. The molecule has 8 nitrogen and oxygen atoms in total. The normalized spacial score (nSPS) is 28.0. The maximum atomic E-state index is 12.2. The fourth-order valence-electron chi connectivity index (χ4n) is 5.29. The van der Waals surface area contributed by atoms with Crippen molar-refractivity contribution in [2.24, 2.45) is 23.7 Å². The van der Waals surface area contributed by atoms with Crippen molar-refractivity contribution >= 4 is 46.8 Å². The number of Topliss-reactive ketones (excluding diaryl/α,β-unsaturated/α-hetero) is 1. The molecule has 1 aromatic rings. The van der Waals surface area contributed by atoms with E-state index in [-0.39, 0.29) is 54.1 Å². The minimum atomic E-state index is -1.25. The number of carboxylic acids is 1. The number of piperidine rings is 1. The summed E-state index contributed by atoms with van der Waals surface area (Å²) in [4.78, 5) is 45.8. The number of aliphatic hydroxyl groups excluding tert-OH is 1. The number of ketones is 1. The third-order valence-electron chi connectivity index (χ3n) is 7.53. The van der Waals surface area contributed by atoms with Crippen LogP contribution in [-0.4, -0.2) is 49.8 Å². The summed E-state index contributed by atoms with van der Waals surface area (Å²) in [6.07, 6.45) is 2.47. The molecule has 3 N–H and O–H groups in total. The second-order valence-corrected chi connectivity index (χ2v) is 13.1. The Kier molecular flexibility index (Phi) is 9.54. The Morgan fingerprint density at radius 2 is 1.66 bits per heavy atom. The first-order valence-electron chi connectivity index (χ1n) is 13.0. The number of aliphatic carboxylic acids is 1. The van der Waals surface area contributed by atoms with E-state index >= 15 is 0 Å². The number of carboxylic acid groups (broad SMARTS) is 1. The Balaban J connectivity index is 0.000000212. The minimum absolute atomic E-state index is 0.00492. The number of halogens is 2. The molecular formula is C28H37Cl2NO7. The summed E-state index contributed by atoms with van der Waals surface area (Å²) in [5.74, 6) is -0.834. The third-order valence-corrected chi connectivity index (χ3v) is 8.36. The van der Waals surface area contributed by atoms with Crippen molar-refractivity contribution < 1.29 is 34.1 Å². The molecule has 3 aliphatic rings. The van der Waals surface area contributed by atoms with Crippen LogP contribution in [0, 0.1) is 23.7 Å². The molecule has 210 valence electrons. The lowest BCUT2D eigenvalue weighted by atomic mass is 9.71. The van der Waals surface area contributed by atoms with Gasteiger partial charge in [0.05, 0.1) is 6.10 Å². The number of carbonyl (C=O) groups is 4. The van der Waals surface area contributed by atoms with Crippen LogP contribution in [0.4, 0.5) is 0 Å². The summed E-state index contributed by atoms with van der Waals surface area (Å²) < 4.78 is 4.75. The van der Waals surface area contributed by atoms with E-state index in [0.29, 0.717) is 24.5 Å². The molecule has 1 aliphatic heterocycles. The number of hydrogen-bond donors (Lipinski definition) is 3. The summed E-state index contributed by atoms with van der Waals surface area (Å²) in [5.41, 5.74) is -0.204. The van der Waals surface area contributed by atoms with Crippen LogP contribution >= 0.6 is 23.2 Å². The SMILES string of the molecule is CC(C)(Oc1ccc(C2CC2(Cl)Cl)cc1)C(=O)O.C[C@@H]1C[C@@H]([C@H](O)CC2CC(=O)NC(=O)C2)C(=O)[C@@H](C)C1. The molecule has 2 aliphatic carbocycles. The largest absolute Gasteiger partial charge is 0.478 e. The predicted molar refractivity (Wildman–Crippen MR) is 143 cm³/mol. The van der Waals surface area contributed by atoms with Gasteiger partial charge >= 0.3 is 5.97 Å². The van der Waals surface area contributed by atoms with Gasteiger partial charge in [-0.25, -0.2) is 4.79 Å². The van der Waals surface area contributed by atoms with Crippen molar-refractivity contribution in [3.8, 4) is 5.75 Å². The van der Waals surface area contributed by atoms with Gasteiger partial charge in [0.15, 0.2) is 5.60 Å². The molecule has 3 fully saturated rings. The van der Waals surface area contributed by atoms with Crippen molar-refractivity contribution in [1.29, 1.82) is 0 Å². The van der Waals surface area contributed by atoms with E-state index in [0.717, 1.165) is 18.4 Å². The molecule has 0 bridgehead atoms. The molecule has 1 unspecified atom stereocenters. The predicted octanol–water partition coefficient (Wildman–Crippen LogP) is 4.63. The van der Waals surface area contributed by atoms with Crippen LogP contribution in [0.15, 0.2) is 24.3 Å². The number of carbonyl (C=O) groups excluding carboxylic acids is 3. The van der Waals surface area contributed by atoms with Gasteiger partial charge in [0, 0.05) is 30.6 Å². The number of imide groups is 1. The second kappa shape index (κ2) is 11.9. The average Bonchev–Trinajstić information content (AvgIpc) is 3.44. The van der Waals surface area contributed by atoms with Gasteiger partial charge in [0.1, 0.15) is 15.9 Å². The zero-order valence-corrected chi connectivity index (χ0v) is 23.7. The monoisotopic (exact) mass is 569 g/mol. The van der Waals surface area contributed by atoms with Crippen molar-refractivity contribution in [2.45, 2.75) is 88.2 Å².